The van der Waals surface area contributed by atoms with Gasteiger partial charge in [-0.25, -0.2) is 0 Å². The second kappa shape index (κ2) is 4.90. The van der Waals surface area contributed by atoms with Crippen molar-refractivity contribution in [2.75, 3.05) is 6.67 Å². The first kappa shape index (κ1) is 9.07. The third kappa shape index (κ3) is 4.00. The summed E-state index contributed by atoms with van der Waals surface area (Å²) >= 11 is 0.136. The van der Waals surface area contributed by atoms with Gasteiger partial charge < -0.3 is 0 Å². The predicted octanol–water partition coefficient (Wildman–Crippen LogP) is -1.69. The quantitative estimate of drug-likeness (QED) is 0.412. The Morgan fingerprint density at radius 2 is 2.50 bits per heavy atom. The number of nitrogens with one attached hydrogen (secondary N) is 1. The van der Waals surface area contributed by atoms with E-state index in [1.165, 1.54) is 0 Å². The van der Waals surface area contributed by atoms with Gasteiger partial charge in [-0.05, 0) is 0 Å². The SMILES string of the molecule is C[C@H](NCN)[C](=O)[SrH]. The first-order valence-corrected chi connectivity index (χ1v) is 5.08. The fourth-order valence-electron chi connectivity index (χ4n) is 0.321. The zero-order chi connectivity index (χ0) is 6.57. The van der Waals surface area contributed by atoms with Crippen LogP contribution in [0.1, 0.15) is 6.92 Å². The van der Waals surface area contributed by atoms with Gasteiger partial charge in [0.2, 0.25) is 0 Å². The summed E-state index contributed by atoms with van der Waals surface area (Å²) in [5, 5.41) is 2.83. The van der Waals surface area contributed by atoms with Crippen LogP contribution in [-0.4, -0.2) is 56.7 Å². The summed E-state index contributed by atoms with van der Waals surface area (Å²) in [6.45, 7) is 2.23. The van der Waals surface area contributed by atoms with Crippen LogP contribution in [-0.2, 0) is 4.79 Å². The van der Waals surface area contributed by atoms with Gasteiger partial charge in [0.05, 0.1) is 0 Å². The van der Waals surface area contributed by atoms with Crippen molar-refractivity contribution in [1.82, 2.24) is 5.32 Å². The summed E-state index contributed by atoms with van der Waals surface area (Å²) in [4.78, 5) is 10.5. The summed E-state index contributed by atoms with van der Waals surface area (Å²) in [5.74, 6) is 0. The standard InChI is InChI=1S/C4H9N2O.Sr.H/c1-4(2-7)6-3-5;;/h4,6H,3,5H2,1H3;;/t4-;;/m0../s1. The molecule has 0 unspecified atom stereocenters. The van der Waals surface area contributed by atoms with E-state index in [-0.39, 0.29) is 49.3 Å². The molecule has 3 N–H and O–H groups in total. The van der Waals surface area contributed by atoms with Gasteiger partial charge in [-0.2, -0.15) is 0 Å². The van der Waals surface area contributed by atoms with E-state index in [2.05, 4.69) is 5.32 Å². The normalized spacial score (nSPS) is 13.1. The van der Waals surface area contributed by atoms with Crippen molar-refractivity contribution in [2.24, 2.45) is 5.73 Å². The number of nitrogens with two attached hydrogens (primary N) is 1. The van der Waals surface area contributed by atoms with E-state index >= 15 is 0 Å². The number of hydrogen-bond donors (Lipinski definition) is 2. The molecule has 0 rings (SSSR count). The van der Waals surface area contributed by atoms with E-state index in [9.17, 15) is 4.79 Å². The molecule has 8 heavy (non-hydrogen) atoms. The summed E-state index contributed by atoms with van der Waals surface area (Å²) in [7, 11) is 0. The van der Waals surface area contributed by atoms with Crippen molar-refractivity contribution in [3.05, 3.63) is 0 Å². The van der Waals surface area contributed by atoms with Crippen LogP contribution in [0.15, 0.2) is 0 Å². The average molecular weight is 190 g/mol. The molecule has 4 heteroatoms. The number of rotatable bonds is 3. The maximum absolute atomic E-state index is 10.5. The zero-order valence-corrected chi connectivity index (χ0v) is 10.2. The molecule has 0 heterocycles. The van der Waals surface area contributed by atoms with Crippen LogP contribution in [0.2, 0.25) is 0 Å². The Balaban J connectivity index is 3.32. The van der Waals surface area contributed by atoms with Gasteiger partial charge in [0, 0.05) is 0 Å². The van der Waals surface area contributed by atoms with E-state index in [0.29, 0.717) is 7.42 Å². The Hall–Kier alpha value is 1.07. The van der Waals surface area contributed by atoms with Crippen LogP contribution in [0.3, 0.4) is 0 Å². The van der Waals surface area contributed by atoms with Crippen molar-refractivity contribution in [3.8, 4) is 0 Å². The average Bonchev–Trinajstić information content (AvgIpc) is 1.67. The Bertz CT molecular complexity index is 86.1. The number of hydrogen-bond acceptors (Lipinski definition) is 3. The first-order valence-electron chi connectivity index (χ1n) is 2.62. The van der Waals surface area contributed by atoms with E-state index < -0.39 is 0 Å². The molecule has 1 atom stereocenters. The van der Waals surface area contributed by atoms with Crippen LogP contribution in [0, 0.1) is 0 Å². The summed E-state index contributed by atoms with van der Waals surface area (Å²) < 4.78 is 0.331. The van der Waals surface area contributed by atoms with Crippen LogP contribution < -0.4 is 11.1 Å². The molecule has 0 fully saturated rings. The van der Waals surface area contributed by atoms with Crippen molar-refractivity contribution in [3.63, 3.8) is 0 Å². The van der Waals surface area contributed by atoms with E-state index in [1.54, 1.807) is 0 Å². The fraction of sp³-hybridized carbons (Fsp3) is 0.750. The molecule has 0 amide bonds. The molecule has 0 aromatic carbocycles. The Labute approximate surface area is 78.5 Å². The third-order valence-corrected chi connectivity index (χ3v) is 3.16. The minimum absolute atomic E-state index is 0.00389. The van der Waals surface area contributed by atoms with Gasteiger partial charge in [0.25, 0.3) is 0 Å². The minimum atomic E-state index is -0.00389. The second-order valence-corrected chi connectivity index (χ2v) is 4.16. The van der Waals surface area contributed by atoms with Crippen molar-refractivity contribution >= 4 is 44.0 Å². The molecule has 0 aliphatic carbocycles. The number of carbonyl (C=O) groups excluding carboxylic acids is 1. The third-order valence-electron chi connectivity index (χ3n) is 1.03. The molecule has 0 saturated heterocycles. The molecule has 0 aromatic rings. The van der Waals surface area contributed by atoms with Crippen LogP contribution >= 0.6 is 0 Å². The predicted molar refractivity (Wildman–Crippen MR) is 33.8 cm³/mol. The maximum atomic E-state index is 10.5. The van der Waals surface area contributed by atoms with Crippen LogP contribution in [0.25, 0.3) is 0 Å². The topological polar surface area (TPSA) is 55.1 Å². The van der Waals surface area contributed by atoms with Crippen molar-refractivity contribution < 1.29 is 4.79 Å². The van der Waals surface area contributed by atoms with Gasteiger partial charge in [-0.15, -0.1) is 0 Å². The molecular weight excluding hydrogens is 180 g/mol. The van der Waals surface area contributed by atoms with E-state index in [1.807, 2.05) is 6.92 Å². The Kier molecular flexibility index (Phi) is 5.56. The molecule has 0 radical (unpaired) electrons. The summed E-state index contributed by atoms with van der Waals surface area (Å²) in [6, 6.07) is -0.00389. The van der Waals surface area contributed by atoms with Gasteiger partial charge in [0.15, 0.2) is 0 Å². The van der Waals surface area contributed by atoms with Crippen LogP contribution in [0.4, 0.5) is 0 Å². The molecular formula is C4H10N2OSr. The van der Waals surface area contributed by atoms with Crippen molar-refractivity contribution in [2.45, 2.75) is 13.0 Å². The van der Waals surface area contributed by atoms with E-state index in [4.69, 9.17) is 5.73 Å². The Morgan fingerprint density at radius 1 is 2.00 bits per heavy atom. The fourth-order valence-corrected chi connectivity index (χ4v) is 0.822. The van der Waals surface area contributed by atoms with Gasteiger partial charge in [-0.1, -0.05) is 0 Å². The zero-order valence-electron chi connectivity index (χ0n) is 5.27. The molecule has 0 spiro atoms. The van der Waals surface area contributed by atoms with Gasteiger partial charge in [0.1, 0.15) is 0 Å². The van der Waals surface area contributed by atoms with Crippen molar-refractivity contribution in [1.29, 1.82) is 0 Å². The van der Waals surface area contributed by atoms with E-state index in [0.717, 1.165) is 0 Å². The number of carbonyl (C=O) groups is 1. The molecule has 0 aliphatic heterocycles. The molecule has 0 saturated carbocycles. The monoisotopic (exact) mass is 190 g/mol. The van der Waals surface area contributed by atoms with Gasteiger partial charge >= 0.3 is 79.5 Å². The summed E-state index contributed by atoms with van der Waals surface area (Å²) in [6.07, 6.45) is 0. The van der Waals surface area contributed by atoms with Crippen LogP contribution in [0.5, 0.6) is 0 Å². The summed E-state index contributed by atoms with van der Waals surface area (Å²) in [5.41, 5.74) is 5.13. The molecule has 44 valence electrons. The molecule has 3 nitrogen and oxygen atoms in total. The molecule has 0 bridgehead atoms. The van der Waals surface area contributed by atoms with Gasteiger partial charge in [-0.3, -0.25) is 0 Å². The molecule has 0 aliphatic rings. The first-order chi connectivity index (χ1) is 3.68. The molecule has 0 aromatic heterocycles. The Morgan fingerprint density at radius 3 is 2.62 bits per heavy atom. The second-order valence-electron chi connectivity index (χ2n) is 1.74.